The van der Waals surface area contributed by atoms with Crippen LogP contribution in [0.15, 0.2) is 36.4 Å². The van der Waals surface area contributed by atoms with Gasteiger partial charge >= 0.3 is 0 Å². The summed E-state index contributed by atoms with van der Waals surface area (Å²) in [7, 11) is 0. The number of aryl methyl sites for hydroxylation is 1. The molecule has 1 aliphatic heterocycles. The molecule has 0 bridgehead atoms. The highest BCUT2D eigenvalue weighted by molar-refractivity contribution is 6.05. The van der Waals surface area contributed by atoms with Crippen LogP contribution in [-0.2, 0) is 0 Å². The first kappa shape index (κ1) is 18.3. The number of Topliss-reactive ketones (excluding diaryl/α,β-unsaturated/α-hetero) is 2. The maximum atomic E-state index is 13.0. The molecule has 1 atom stereocenters. The van der Waals surface area contributed by atoms with Crippen LogP contribution in [0, 0.1) is 13.8 Å². The number of rotatable bonds is 5. The number of hydrogen-bond acceptors (Lipinski definition) is 3. The molecule has 0 unspecified atom stereocenters. The Morgan fingerprint density at radius 1 is 1.15 bits per heavy atom. The third kappa shape index (κ3) is 3.42. The molecular formula is C22H26N2O2. The Morgan fingerprint density at radius 3 is 2.38 bits per heavy atom. The minimum atomic E-state index is -0.222. The van der Waals surface area contributed by atoms with Gasteiger partial charge in [-0.25, -0.2) is 0 Å². The van der Waals surface area contributed by atoms with Crippen LogP contribution >= 0.6 is 0 Å². The Morgan fingerprint density at radius 2 is 1.85 bits per heavy atom. The lowest BCUT2D eigenvalue weighted by Crippen LogP contribution is -2.41. The fourth-order valence-corrected chi connectivity index (χ4v) is 3.85. The molecule has 0 spiro atoms. The molecule has 2 heterocycles. The van der Waals surface area contributed by atoms with Gasteiger partial charge in [0.05, 0.1) is 11.7 Å². The van der Waals surface area contributed by atoms with E-state index in [0.717, 1.165) is 30.8 Å². The van der Waals surface area contributed by atoms with Gasteiger partial charge in [-0.15, -0.1) is 0 Å². The van der Waals surface area contributed by atoms with Gasteiger partial charge in [-0.05, 0) is 50.8 Å². The number of carbonyl (C=O) groups is 2. The normalized spacial score (nSPS) is 16.2. The van der Waals surface area contributed by atoms with Crippen molar-refractivity contribution in [1.29, 1.82) is 0 Å². The van der Waals surface area contributed by atoms with Crippen molar-refractivity contribution < 1.29 is 9.59 Å². The second kappa shape index (κ2) is 7.42. The maximum Gasteiger partial charge on any atom is 0.196 e. The van der Waals surface area contributed by atoms with E-state index in [1.165, 1.54) is 11.1 Å². The molecule has 4 nitrogen and oxygen atoms in total. The van der Waals surface area contributed by atoms with Crippen molar-refractivity contribution in [2.24, 2.45) is 0 Å². The van der Waals surface area contributed by atoms with Gasteiger partial charge in [-0.1, -0.05) is 36.4 Å². The van der Waals surface area contributed by atoms with E-state index in [9.17, 15) is 9.59 Å². The number of aromatic nitrogens is 1. The fraction of sp³-hybridized carbons (Fsp3) is 0.364. The average Bonchev–Trinajstić information content (AvgIpc) is 2.95. The minimum Gasteiger partial charge on any atom is -0.355 e. The number of H-pyrrole nitrogens is 1. The molecule has 2 aromatic rings. The highest BCUT2D eigenvalue weighted by Gasteiger charge is 2.28. The third-order valence-electron chi connectivity index (χ3n) is 5.35. The summed E-state index contributed by atoms with van der Waals surface area (Å²) < 4.78 is 0. The first-order chi connectivity index (χ1) is 12.4. The molecule has 0 fully saturated rings. The quantitative estimate of drug-likeness (QED) is 0.823. The molecule has 1 N–H and O–H groups in total. The van der Waals surface area contributed by atoms with Crippen LogP contribution in [0.5, 0.6) is 0 Å². The zero-order valence-electron chi connectivity index (χ0n) is 15.9. The van der Waals surface area contributed by atoms with Gasteiger partial charge in [0.1, 0.15) is 0 Å². The largest absolute Gasteiger partial charge is 0.355 e. The first-order valence-electron chi connectivity index (χ1n) is 9.13. The standard InChI is InChI=1S/C22H26N2O2/c1-14-20(17(4)25)15(2)23-21(14)22(26)16(3)24-12-10-19(11-13-24)18-8-6-5-7-9-18/h5-10,16,23H,11-13H2,1-4H3/t16-/m0/s1. The SMILES string of the molecule is CC(=O)c1c(C)[nH]c(C(=O)[C@H](C)N2CC=C(c3ccccc3)CC2)c1C. The summed E-state index contributed by atoms with van der Waals surface area (Å²) in [5.74, 6) is 0.0472. The molecule has 1 aromatic heterocycles. The highest BCUT2D eigenvalue weighted by Crippen LogP contribution is 2.25. The monoisotopic (exact) mass is 350 g/mol. The predicted octanol–water partition coefficient (Wildman–Crippen LogP) is 4.19. The van der Waals surface area contributed by atoms with Crippen LogP contribution in [0.4, 0.5) is 0 Å². The minimum absolute atomic E-state index is 0.00337. The number of nitrogens with one attached hydrogen (secondary N) is 1. The van der Waals surface area contributed by atoms with Gasteiger partial charge in [0, 0.05) is 24.3 Å². The lowest BCUT2D eigenvalue weighted by atomic mass is 9.97. The molecule has 136 valence electrons. The number of nitrogens with zero attached hydrogens (tertiary/aromatic N) is 1. The Balaban J connectivity index is 1.76. The van der Waals surface area contributed by atoms with Crippen molar-refractivity contribution in [2.45, 2.75) is 40.2 Å². The predicted molar refractivity (Wildman–Crippen MR) is 105 cm³/mol. The maximum absolute atomic E-state index is 13.0. The third-order valence-corrected chi connectivity index (χ3v) is 5.35. The Hall–Kier alpha value is -2.46. The van der Waals surface area contributed by atoms with Crippen molar-refractivity contribution in [3.05, 3.63) is 64.5 Å². The van der Waals surface area contributed by atoms with E-state index in [2.05, 4.69) is 40.2 Å². The Kier molecular flexibility index (Phi) is 5.23. The number of hydrogen-bond donors (Lipinski definition) is 1. The van der Waals surface area contributed by atoms with Gasteiger partial charge in [0.2, 0.25) is 0 Å². The molecule has 1 aromatic carbocycles. The van der Waals surface area contributed by atoms with Crippen LogP contribution < -0.4 is 0 Å². The topological polar surface area (TPSA) is 53.2 Å². The number of ketones is 2. The van der Waals surface area contributed by atoms with Crippen LogP contribution in [0.3, 0.4) is 0 Å². The van der Waals surface area contributed by atoms with Gasteiger partial charge in [0.25, 0.3) is 0 Å². The van der Waals surface area contributed by atoms with Gasteiger partial charge in [-0.3, -0.25) is 14.5 Å². The number of benzene rings is 1. The van der Waals surface area contributed by atoms with Crippen molar-refractivity contribution >= 4 is 17.1 Å². The molecule has 0 amide bonds. The zero-order valence-corrected chi connectivity index (χ0v) is 15.9. The molecule has 4 heteroatoms. The summed E-state index contributed by atoms with van der Waals surface area (Å²) in [6.07, 6.45) is 3.15. The van der Waals surface area contributed by atoms with E-state index in [1.54, 1.807) is 6.92 Å². The lowest BCUT2D eigenvalue weighted by Gasteiger charge is -2.31. The molecular weight excluding hydrogens is 324 g/mol. The zero-order chi connectivity index (χ0) is 18.8. The van der Waals surface area contributed by atoms with E-state index in [4.69, 9.17) is 0 Å². The highest BCUT2D eigenvalue weighted by atomic mass is 16.1. The van der Waals surface area contributed by atoms with Crippen LogP contribution in [0.25, 0.3) is 5.57 Å². The molecule has 3 rings (SSSR count). The number of carbonyl (C=O) groups excluding carboxylic acids is 2. The first-order valence-corrected chi connectivity index (χ1v) is 9.13. The van der Waals surface area contributed by atoms with Gasteiger partial charge in [-0.2, -0.15) is 0 Å². The van der Waals surface area contributed by atoms with E-state index >= 15 is 0 Å². The summed E-state index contributed by atoms with van der Waals surface area (Å²) in [5, 5.41) is 0. The van der Waals surface area contributed by atoms with Gasteiger partial charge < -0.3 is 4.98 Å². The molecule has 0 saturated heterocycles. The lowest BCUT2D eigenvalue weighted by molar-refractivity contribution is 0.0846. The smallest absolute Gasteiger partial charge is 0.196 e. The Bertz CT molecular complexity index is 862. The average molecular weight is 350 g/mol. The van der Waals surface area contributed by atoms with Crippen molar-refractivity contribution in [3.8, 4) is 0 Å². The molecule has 26 heavy (non-hydrogen) atoms. The summed E-state index contributed by atoms with van der Waals surface area (Å²) in [6.45, 7) is 8.81. The van der Waals surface area contributed by atoms with E-state index in [1.807, 2.05) is 26.8 Å². The summed E-state index contributed by atoms with van der Waals surface area (Å²) in [6, 6.07) is 10.2. The van der Waals surface area contributed by atoms with Crippen LogP contribution in [0.2, 0.25) is 0 Å². The molecule has 0 radical (unpaired) electrons. The second-order valence-electron chi connectivity index (χ2n) is 7.06. The van der Waals surface area contributed by atoms with Crippen molar-refractivity contribution in [3.63, 3.8) is 0 Å². The number of aromatic amines is 1. The fourth-order valence-electron chi connectivity index (χ4n) is 3.85. The second-order valence-corrected chi connectivity index (χ2v) is 7.06. The van der Waals surface area contributed by atoms with Crippen molar-refractivity contribution in [2.75, 3.05) is 13.1 Å². The molecule has 0 saturated carbocycles. The Labute approximate surface area is 154 Å². The molecule has 1 aliphatic rings. The van der Waals surface area contributed by atoms with Crippen LogP contribution in [-0.4, -0.2) is 40.6 Å². The van der Waals surface area contributed by atoms with E-state index in [-0.39, 0.29) is 17.6 Å². The van der Waals surface area contributed by atoms with Gasteiger partial charge in [0.15, 0.2) is 11.6 Å². The molecule has 0 aliphatic carbocycles. The summed E-state index contributed by atoms with van der Waals surface area (Å²) >= 11 is 0. The summed E-state index contributed by atoms with van der Waals surface area (Å²) in [4.78, 5) is 30.1. The van der Waals surface area contributed by atoms with Crippen LogP contribution in [0.1, 0.15) is 57.9 Å². The summed E-state index contributed by atoms with van der Waals surface area (Å²) in [5.41, 5.74) is 5.35. The van der Waals surface area contributed by atoms with E-state index < -0.39 is 0 Å². The van der Waals surface area contributed by atoms with E-state index in [0.29, 0.717) is 11.3 Å². The van der Waals surface area contributed by atoms with Crippen molar-refractivity contribution in [1.82, 2.24) is 9.88 Å².